The van der Waals surface area contributed by atoms with Crippen LogP contribution in [0.15, 0.2) is 59.4 Å². The van der Waals surface area contributed by atoms with Crippen molar-refractivity contribution in [3.05, 3.63) is 71.1 Å². The molecule has 4 heterocycles. The number of imide groups is 1. The molecule has 8 nitrogen and oxygen atoms in total. The van der Waals surface area contributed by atoms with Crippen LogP contribution in [-0.4, -0.2) is 36.1 Å². The van der Waals surface area contributed by atoms with Crippen LogP contribution < -0.4 is 19.7 Å². The predicted molar refractivity (Wildman–Crippen MR) is 115 cm³/mol. The SMILES string of the molecule is CC(=O)C1Cc2cccc3c2N1C=CN=C3C1=C(c2cccc3c2OCO3)C(=O)NC1=O. The second-order valence-corrected chi connectivity index (χ2v) is 7.90. The maximum Gasteiger partial charge on any atom is 0.261 e. The molecular weight excluding hydrogens is 410 g/mol. The Bertz CT molecular complexity index is 1340. The molecule has 2 aromatic rings. The van der Waals surface area contributed by atoms with Crippen LogP contribution in [0.1, 0.15) is 23.6 Å². The van der Waals surface area contributed by atoms with Crippen LogP contribution in [0.2, 0.25) is 0 Å². The van der Waals surface area contributed by atoms with Gasteiger partial charge in [-0.1, -0.05) is 30.3 Å². The summed E-state index contributed by atoms with van der Waals surface area (Å²) in [5, 5.41) is 2.40. The summed E-state index contributed by atoms with van der Waals surface area (Å²) >= 11 is 0. The van der Waals surface area contributed by atoms with E-state index in [0.29, 0.717) is 34.8 Å². The monoisotopic (exact) mass is 427 g/mol. The Morgan fingerprint density at radius 3 is 2.69 bits per heavy atom. The molecular formula is C24H17N3O5. The molecule has 1 N–H and O–H groups in total. The molecule has 6 rings (SSSR count). The van der Waals surface area contributed by atoms with Gasteiger partial charge in [0.1, 0.15) is 0 Å². The molecule has 2 amide bonds. The molecule has 0 aromatic heterocycles. The van der Waals surface area contributed by atoms with E-state index in [9.17, 15) is 14.4 Å². The van der Waals surface area contributed by atoms with Gasteiger partial charge in [0, 0.05) is 29.9 Å². The zero-order valence-corrected chi connectivity index (χ0v) is 17.0. The largest absolute Gasteiger partial charge is 0.454 e. The lowest BCUT2D eigenvalue weighted by molar-refractivity contribution is -0.123. The van der Waals surface area contributed by atoms with E-state index in [2.05, 4.69) is 10.3 Å². The molecule has 0 saturated heterocycles. The molecule has 0 bridgehead atoms. The Morgan fingerprint density at radius 1 is 1.06 bits per heavy atom. The summed E-state index contributed by atoms with van der Waals surface area (Å²) in [5.41, 5.74) is 3.73. The Balaban J connectivity index is 1.59. The summed E-state index contributed by atoms with van der Waals surface area (Å²) < 4.78 is 11.0. The minimum atomic E-state index is -0.527. The van der Waals surface area contributed by atoms with E-state index in [0.717, 1.165) is 11.3 Å². The van der Waals surface area contributed by atoms with Crippen molar-refractivity contribution < 1.29 is 23.9 Å². The van der Waals surface area contributed by atoms with Crippen molar-refractivity contribution >= 4 is 34.6 Å². The van der Waals surface area contributed by atoms with Gasteiger partial charge >= 0.3 is 0 Å². The number of ether oxygens (including phenoxy) is 2. The molecule has 1 atom stereocenters. The zero-order valence-electron chi connectivity index (χ0n) is 17.0. The smallest absolute Gasteiger partial charge is 0.261 e. The van der Waals surface area contributed by atoms with E-state index >= 15 is 0 Å². The van der Waals surface area contributed by atoms with Crippen LogP contribution in [-0.2, 0) is 20.8 Å². The van der Waals surface area contributed by atoms with Crippen molar-refractivity contribution in [2.75, 3.05) is 11.7 Å². The maximum atomic E-state index is 13.0. The van der Waals surface area contributed by atoms with Gasteiger partial charge in [-0.3, -0.25) is 24.7 Å². The molecule has 1 unspecified atom stereocenters. The van der Waals surface area contributed by atoms with Crippen molar-refractivity contribution in [1.29, 1.82) is 0 Å². The highest BCUT2D eigenvalue weighted by Gasteiger charge is 2.41. The molecule has 4 aliphatic rings. The van der Waals surface area contributed by atoms with Gasteiger partial charge < -0.3 is 14.4 Å². The highest BCUT2D eigenvalue weighted by atomic mass is 16.7. The number of carbonyl (C=O) groups excluding carboxylic acids is 3. The van der Waals surface area contributed by atoms with Gasteiger partial charge in [0.25, 0.3) is 11.8 Å². The number of ketones is 1. The number of carbonyl (C=O) groups is 3. The van der Waals surface area contributed by atoms with Crippen molar-refractivity contribution in [3.8, 4) is 11.5 Å². The van der Waals surface area contributed by atoms with Gasteiger partial charge in [-0.25, -0.2) is 0 Å². The summed E-state index contributed by atoms with van der Waals surface area (Å²) in [6, 6.07) is 10.6. The number of nitrogens with one attached hydrogen (secondary N) is 1. The van der Waals surface area contributed by atoms with Crippen LogP contribution >= 0.6 is 0 Å². The number of anilines is 1. The van der Waals surface area contributed by atoms with E-state index < -0.39 is 11.8 Å². The van der Waals surface area contributed by atoms with Gasteiger partial charge in [0.15, 0.2) is 17.3 Å². The average Bonchev–Trinajstić information content (AvgIpc) is 3.43. The number of hydrogen-bond acceptors (Lipinski definition) is 7. The third kappa shape index (κ3) is 2.49. The second kappa shape index (κ2) is 6.65. The first-order valence-corrected chi connectivity index (χ1v) is 10.2. The standard InChI is InChI=1S/C24H17N3O5/c1-12(28)16-10-13-4-2-6-15-20(25-8-9-27(16)21(13)15)19-18(23(29)26-24(19)30)14-5-3-7-17-22(14)32-11-31-17/h2-9,16H,10-11H2,1H3,(H,26,29,30). The first-order chi connectivity index (χ1) is 15.5. The highest BCUT2D eigenvalue weighted by Crippen LogP contribution is 2.43. The Hall–Kier alpha value is -4.20. The normalized spacial score (nSPS) is 20.3. The predicted octanol–water partition coefficient (Wildman–Crippen LogP) is 2.12. The molecule has 0 saturated carbocycles. The number of Topliss-reactive ketones (excluding diaryl/α,β-unsaturated/α-hetero) is 1. The van der Waals surface area contributed by atoms with E-state index in [1.54, 1.807) is 37.5 Å². The zero-order chi connectivity index (χ0) is 22.0. The Morgan fingerprint density at radius 2 is 1.84 bits per heavy atom. The molecule has 32 heavy (non-hydrogen) atoms. The fraction of sp³-hybridized carbons (Fsp3) is 0.167. The van der Waals surface area contributed by atoms with E-state index in [-0.39, 0.29) is 29.8 Å². The minimum absolute atomic E-state index is 0.0435. The number of amides is 2. The quantitative estimate of drug-likeness (QED) is 0.754. The van der Waals surface area contributed by atoms with Crippen LogP contribution in [0, 0.1) is 0 Å². The number of aliphatic imine (C=N–C) groups is 1. The first-order valence-electron chi connectivity index (χ1n) is 10.2. The van der Waals surface area contributed by atoms with Gasteiger partial charge in [0.2, 0.25) is 6.79 Å². The molecule has 2 aromatic carbocycles. The summed E-state index contributed by atoms with van der Waals surface area (Å²) in [7, 11) is 0. The average molecular weight is 427 g/mol. The van der Waals surface area contributed by atoms with E-state index in [1.807, 2.05) is 23.1 Å². The Kier molecular flexibility index (Phi) is 3.86. The first kappa shape index (κ1) is 18.6. The van der Waals surface area contributed by atoms with Crippen molar-refractivity contribution in [1.82, 2.24) is 5.32 Å². The number of hydrogen-bond donors (Lipinski definition) is 1. The summed E-state index contributed by atoms with van der Waals surface area (Å²) in [6.07, 6.45) is 3.89. The number of fused-ring (bicyclic) bond motifs is 1. The maximum absolute atomic E-state index is 13.0. The topological polar surface area (TPSA) is 97.3 Å². The molecule has 0 aliphatic carbocycles. The molecule has 8 heteroatoms. The highest BCUT2D eigenvalue weighted by molar-refractivity contribution is 6.48. The third-order valence-electron chi connectivity index (χ3n) is 6.12. The number of rotatable bonds is 3. The third-order valence-corrected chi connectivity index (χ3v) is 6.12. The van der Waals surface area contributed by atoms with Gasteiger partial charge in [-0.2, -0.15) is 0 Å². The van der Waals surface area contributed by atoms with Gasteiger partial charge in [-0.15, -0.1) is 0 Å². The van der Waals surface area contributed by atoms with Crippen LogP contribution in [0.5, 0.6) is 11.5 Å². The number of nitrogens with zero attached hydrogens (tertiary/aromatic N) is 2. The van der Waals surface area contributed by atoms with Crippen LogP contribution in [0.4, 0.5) is 5.69 Å². The van der Waals surface area contributed by atoms with Crippen molar-refractivity contribution in [2.45, 2.75) is 19.4 Å². The molecule has 0 spiro atoms. The van der Waals surface area contributed by atoms with Crippen LogP contribution in [0.25, 0.3) is 5.57 Å². The minimum Gasteiger partial charge on any atom is -0.454 e. The molecule has 158 valence electrons. The summed E-state index contributed by atoms with van der Waals surface area (Å²) in [6.45, 7) is 1.61. The second-order valence-electron chi connectivity index (χ2n) is 7.90. The van der Waals surface area contributed by atoms with Gasteiger partial charge in [0.05, 0.1) is 28.6 Å². The van der Waals surface area contributed by atoms with Crippen LogP contribution in [0.3, 0.4) is 0 Å². The van der Waals surface area contributed by atoms with E-state index in [1.165, 1.54) is 0 Å². The number of para-hydroxylation sites is 2. The van der Waals surface area contributed by atoms with Crippen molar-refractivity contribution in [2.24, 2.45) is 4.99 Å². The van der Waals surface area contributed by atoms with E-state index in [4.69, 9.17) is 9.47 Å². The lowest BCUT2D eigenvalue weighted by Gasteiger charge is -2.22. The fourth-order valence-corrected chi connectivity index (χ4v) is 4.75. The van der Waals surface area contributed by atoms with Crippen molar-refractivity contribution in [3.63, 3.8) is 0 Å². The lowest BCUT2D eigenvalue weighted by atomic mass is 9.92. The van der Waals surface area contributed by atoms with Gasteiger partial charge in [-0.05, 0) is 18.6 Å². The Labute approximate surface area is 182 Å². The molecule has 0 radical (unpaired) electrons. The fourth-order valence-electron chi connectivity index (χ4n) is 4.75. The lowest BCUT2D eigenvalue weighted by Crippen LogP contribution is -2.33. The number of benzene rings is 2. The molecule has 4 aliphatic heterocycles. The summed E-state index contributed by atoms with van der Waals surface area (Å²) in [5.74, 6) is -0.0610. The summed E-state index contributed by atoms with van der Waals surface area (Å²) in [4.78, 5) is 44.6. The molecule has 0 fully saturated rings.